The fourth-order valence-corrected chi connectivity index (χ4v) is 1.02. The number of hydrogen-bond donors (Lipinski definition) is 2. The molecule has 0 spiro atoms. The maximum absolute atomic E-state index is 13.1. The highest BCUT2D eigenvalue weighted by molar-refractivity contribution is 5.75. The summed E-state index contributed by atoms with van der Waals surface area (Å²) in [4.78, 5) is 10.5. The van der Waals surface area contributed by atoms with E-state index in [1.54, 1.807) is 0 Å². The van der Waals surface area contributed by atoms with Crippen LogP contribution in [0.25, 0.3) is 0 Å². The molecule has 1 rings (SSSR count). The molecule has 0 heterocycles. The molecule has 0 aliphatic rings. The summed E-state index contributed by atoms with van der Waals surface area (Å²) in [7, 11) is 0. The average Bonchev–Trinajstić information content (AvgIpc) is 2.13. The molecule has 2 N–H and O–H groups in total. The lowest BCUT2D eigenvalue weighted by Crippen LogP contribution is -2.09. The van der Waals surface area contributed by atoms with Gasteiger partial charge in [0.05, 0.1) is 5.92 Å². The predicted octanol–water partition coefficient (Wildman–Crippen LogP) is 1.86. The number of carbonyl (C=O) groups is 1. The van der Waals surface area contributed by atoms with Crippen molar-refractivity contribution in [2.75, 3.05) is 0 Å². The van der Waals surface area contributed by atoms with E-state index in [1.807, 2.05) is 0 Å². The van der Waals surface area contributed by atoms with Crippen molar-refractivity contribution in [2.24, 2.45) is 0 Å². The van der Waals surface area contributed by atoms with Gasteiger partial charge in [-0.1, -0.05) is 6.07 Å². The third-order valence-corrected chi connectivity index (χ3v) is 1.93. The van der Waals surface area contributed by atoms with Crippen molar-refractivity contribution in [1.82, 2.24) is 0 Å². The van der Waals surface area contributed by atoms with Gasteiger partial charge in [0.15, 0.2) is 17.4 Å². The minimum Gasteiger partial charge on any atom is -0.503 e. The smallest absolute Gasteiger partial charge is 0.310 e. The Morgan fingerprint density at radius 1 is 1.43 bits per heavy atom. The molecule has 1 aromatic rings. The predicted molar refractivity (Wildman–Crippen MR) is 44.1 cm³/mol. The molecule has 0 aliphatic heterocycles. The molecule has 0 amide bonds. The van der Waals surface area contributed by atoms with Crippen molar-refractivity contribution < 1.29 is 23.8 Å². The van der Waals surface area contributed by atoms with Gasteiger partial charge >= 0.3 is 5.97 Å². The zero-order valence-electron chi connectivity index (χ0n) is 7.29. The van der Waals surface area contributed by atoms with Crippen molar-refractivity contribution in [3.8, 4) is 5.75 Å². The highest BCUT2D eigenvalue weighted by atomic mass is 19.1. The van der Waals surface area contributed by atoms with Gasteiger partial charge in [-0.2, -0.15) is 0 Å². The van der Waals surface area contributed by atoms with Gasteiger partial charge in [-0.25, -0.2) is 8.78 Å². The summed E-state index contributed by atoms with van der Waals surface area (Å²) in [5, 5.41) is 17.5. The summed E-state index contributed by atoms with van der Waals surface area (Å²) in [6.07, 6.45) is 0. The summed E-state index contributed by atoms with van der Waals surface area (Å²) < 4.78 is 25.7. The Bertz CT molecular complexity index is 377. The molecule has 0 aromatic heterocycles. The Balaban J connectivity index is 3.24. The van der Waals surface area contributed by atoms with E-state index in [-0.39, 0.29) is 5.56 Å². The Morgan fingerprint density at radius 2 is 2.00 bits per heavy atom. The second kappa shape index (κ2) is 3.61. The van der Waals surface area contributed by atoms with Crippen LogP contribution in [0.2, 0.25) is 0 Å². The molecular weight excluding hydrogens is 194 g/mol. The van der Waals surface area contributed by atoms with Gasteiger partial charge < -0.3 is 10.2 Å². The normalized spacial score (nSPS) is 12.5. The van der Waals surface area contributed by atoms with Crippen LogP contribution in [0.4, 0.5) is 8.78 Å². The maximum Gasteiger partial charge on any atom is 0.310 e. The zero-order chi connectivity index (χ0) is 10.9. The first-order chi connectivity index (χ1) is 6.45. The van der Waals surface area contributed by atoms with Crippen LogP contribution in [-0.2, 0) is 4.79 Å². The third-order valence-electron chi connectivity index (χ3n) is 1.93. The van der Waals surface area contributed by atoms with Gasteiger partial charge in [0, 0.05) is 5.56 Å². The van der Waals surface area contributed by atoms with E-state index in [9.17, 15) is 13.6 Å². The molecule has 0 fully saturated rings. The number of carboxylic acids is 1. The lowest BCUT2D eigenvalue weighted by Gasteiger charge is -2.08. The van der Waals surface area contributed by atoms with Crippen LogP contribution in [-0.4, -0.2) is 16.2 Å². The topological polar surface area (TPSA) is 57.5 Å². The standard InChI is InChI=1S/C9H8F2O3/c1-4(9(13)14)5-2-3-6(10)8(12)7(5)11/h2-4,12H,1H3,(H,13,14). The summed E-state index contributed by atoms with van der Waals surface area (Å²) in [5.74, 6) is -5.84. The molecule has 1 unspecified atom stereocenters. The van der Waals surface area contributed by atoms with Crippen molar-refractivity contribution in [3.63, 3.8) is 0 Å². The first kappa shape index (κ1) is 10.4. The van der Waals surface area contributed by atoms with Gasteiger partial charge in [0.2, 0.25) is 0 Å². The van der Waals surface area contributed by atoms with E-state index >= 15 is 0 Å². The molecule has 3 nitrogen and oxygen atoms in total. The summed E-state index contributed by atoms with van der Waals surface area (Å²) in [5.41, 5.74) is -0.239. The summed E-state index contributed by atoms with van der Waals surface area (Å²) in [6, 6.07) is 1.83. The fraction of sp³-hybridized carbons (Fsp3) is 0.222. The summed E-state index contributed by atoms with van der Waals surface area (Å²) in [6.45, 7) is 1.25. The number of phenolic OH excluding ortho intramolecular Hbond substituents is 1. The first-order valence-corrected chi connectivity index (χ1v) is 3.84. The molecule has 14 heavy (non-hydrogen) atoms. The lowest BCUT2D eigenvalue weighted by molar-refractivity contribution is -0.138. The van der Waals surface area contributed by atoms with Crippen molar-refractivity contribution >= 4 is 5.97 Å². The molecule has 1 atom stereocenters. The number of aromatic hydroxyl groups is 1. The average molecular weight is 202 g/mol. The van der Waals surface area contributed by atoms with Crippen molar-refractivity contribution in [3.05, 3.63) is 29.3 Å². The van der Waals surface area contributed by atoms with Crippen LogP contribution >= 0.6 is 0 Å². The SMILES string of the molecule is CC(C(=O)O)c1ccc(F)c(O)c1F. The van der Waals surface area contributed by atoms with Crippen LogP contribution < -0.4 is 0 Å². The first-order valence-electron chi connectivity index (χ1n) is 3.84. The second-order valence-corrected chi connectivity index (χ2v) is 2.86. The summed E-state index contributed by atoms with van der Waals surface area (Å²) >= 11 is 0. The van der Waals surface area contributed by atoms with Crippen LogP contribution in [0.15, 0.2) is 12.1 Å². The van der Waals surface area contributed by atoms with Crippen LogP contribution in [0, 0.1) is 11.6 Å². The molecule has 0 radical (unpaired) electrons. The van der Waals surface area contributed by atoms with E-state index < -0.39 is 29.3 Å². The Morgan fingerprint density at radius 3 is 2.50 bits per heavy atom. The van der Waals surface area contributed by atoms with E-state index in [2.05, 4.69) is 0 Å². The highest BCUT2D eigenvalue weighted by Crippen LogP contribution is 2.27. The quantitative estimate of drug-likeness (QED) is 0.769. The Hall–Kier alpha value is -1.65. The maximum atomic E-state index is 13.1. The molecule has 0 saturated carbocycles. The number of aliphatic carboxylic acids is 1. The minimum absolute atomic E-state index is 0.239. The third kappa shape index (κ3) is 1.66. The van der Waals surface area contributed by atoms with E-state index in [1.165, 1.54) is 6.92 Å². The van der Waals surface area contributed by atoms with E-state index in [0.29, 0.717) is 0 Å². The zero-order valence-corrected chi connectivity index (χ0v) is 7.29. The fourth-order valence-electron chi connectivity index (χ4n) is 1.02. The van der Waals surface area contributed by atoms with Gasteiger partial charge in [0.25, 0.3) is 0 Å². The van der Waals surface area contributed by atoms with Crippen LogP contribution in [0.3, 0.4) is 0 Å². The number of rotatable bonds is 2. The van der Waals surface area contributed by atoms with Crippen LogP contribution in [0.5, 0.6) is 5.75 Å². The molecule has 0 aliphatic carbocycles. The van der Waals surface area contributed by atoms with Gasteiger partial charge in [-0.3, -0.25) is 4.79 Å². The largest absolute Gasteiger partial charge is 0.503 e. The molecule has 76 valence electrons. The van der Waals surface area contributed by atoms with Crippen LogP contribution in [0.1, 0.15) is 18.4 Å². The number of halogens is 2. The van der Waals surface area contributed by atoms with Gasteiger partial charge in [-0.15, -0.1) is 0 Å². The highest BCUT2D eigenvalue weighted by Gasteiger charge is 2.21. The minimum atomic E-state index is -1.24. The van der Waals surface area contributed by atoms with Gasteiger partial charge in [0.1, 0.15) is 0 Å². The monoisotopic (exact) mass is 202 g/mol. The van der Waals surface area contributed by atoms with Crippen molar-refractivity contribution in [2.45, 2.75) is 12.8 Å². The number of carboxylic acid groups (broad SMARTS) is 1. The molecule has 5 heteroatoms. The number of phenols is 1. The Kier molecular flexibility index (Phi) is 2.69. The lowest BCUT2D eigenvalue weighted by atomic mass is 10.0. The van der Waals surface area contributed by atoms with Gasteiger partial charge in [-0.05, 0) is 13.0 Å². The Labute approximate surface area is 78.6 Å². The number of hydrogen-bond acceptors (Lipinski definition) is 2. The molecule has 0 saturated heterocycles. The van der Waals surface area contributed by atoms with E-state index in [4.69, 9.17) is 10.2 Å². The second-order valence-electron chi connectivity index (χ2n) is 2.86. The van der Waals surface area contributed by atoms with Crippen molar-refractivity contribution in [1.29, 1.82) is 0 Å². The number of benzene rings is 1. The molecule has 0 bridgehead atoms. The molecular formula is C9H8F2O3. The van der Waals surface area contributed by atoms with E-state index in [0.717, 1.165) is 12.1 Å². The molecule has 1 aromatic carbocycles.